The monoisotopic (exact) mass is 411 g/mol. The second-order valence-corrected chi connectivity index (χ2v) is 7.16. The number of rotatable bonds is 6. The van der Waals surface area contributed by atoms with E-state index < -0.39 is 0 Å². The Kier molecular flexibility index (Phi) is 5.48. The molecule has 4 rings (SSSR count). The molecule has 0 aliphatic heterocycles. The van der Waals surface area contributed by atoms with Crippen molar-refractivity contribution in [1.82, 2.24) is 25.1 Å². The lowest BCUT2D eigenvalue weighted by atomic mass is 10.2. The molecule has 0 unspecified atom stereocenters. The lowest BCUT2D eigenvalue weighted by Crippen LogP contribution is -2.24. The van der Waals surface area contributed by atoms with E-state index in [-0.39, 0.29) is 23.3 Å². The number of nitrogens with one attached hydrogen (secondary N) is 1. The molecule has 0 fully saturated rings. The third kappa shape index (κ3) is 4.57. The van der Waals surface area contributed by atoms with E-state index in [9.17, 15) is 13.6 Å². The van der Waals surface area contributed by atoms with Crippen molar-refractivity contribution in [3.63, 3.8) is 0 Å². The van der Waals surface area contributed by atoms with Crippen molar-refractivity contribution in [2.45, 2.75) is 11.6 Å². The SMILES string of the molecule is O=C(CSc1ccc2nnc(-c3ccc(F)cc3)n2n1)NCc1ccc(F)cc1. The summed E-state index contributed by atoms with van der Waals surface area (Å²) in [6.07, 6.45) is 0. The van der Waals surface area contributed by atoms with Crippen LogP contribution in [-0.2, 0) is 11.3 Å². The number of benzene rings is 2. The van der Waals surface area contributed by atoms with Crippen LogP contribution < -0.4 is 5.32 Å². The summed E-state index contributed by atoms with van der Waals surface area (Å²) in [5.74, 6) is -0.148. The molecule has 0 saturated heterocycles. The van der Waals surface area contributed by atoms with Gasteiger partial charge in [0.2, 0.25) is 5.91 Å². The summed E-state index contributed by atoms with van der Waals surface area (Å²) < 4.78 is 27.6. The van der Waals surface area contributed by atoms with Crippen LogP contribution in [0.1, 0.15) is 5.56 Å². The van der Waals surface area contributed by atoms with Crippen molar-refractivity contribution < 1.29 is 13.6 Å². The first-order valence-corrected chi connectivity index (χ1v) is 9.69. The highest BCUT2D eigenvalue weighted by Gasteiger charge is 2.11. The smallest absolute Gasteiger partial charge is 0.230 e. The molecular formula is C20H15F2N5OS. The second-order valence-electron chi connectivity index (χ2n) is 6.16. The van der Waals surface area contributed by atoms with Gasteiger partial charge < -0.3 is 5.32 Å². The van der Waals surface area contributed by atoms with Gasteiger partial charge >= 0.3 is 0 Å². The Morgan fingerprint density at radius 2 is 1.62 bits per heavy atom. The molecular weight excluding hydrogens is 396 g/mol. The zero-order chi connectivity index (χ0) is 20.2. The maximum Gasteiger partial charge on any atom is 0.230 e. The maximum atomic E-state index is 13.2. The lowest BCUT2D eigenvalue weighted by molar-refractivity contribution is -0.118. The molecule has 0 bridgehead atoms. The average molecular weight is 411 g/mol. The standard InChI is InChI=1S/C20H15F2N5OS/c21-15-5-1-13(2-6-15)11-23-18(28)12-29-19-10-9-17-24-25-20(27(17)26-19)14-3-7-16(22)8-4-14/h1-10H,11-12H2,(H,23,28). The van der Waals surface area contributed by atoms with E-state index in [4.69, 9.17) is 0 Å². The van der Waals surface area contributed by atoms with Gasteiger partial charge in [0.05, 0.1) is 5.75 Å². The third-order valence-corrected chi connectivity index (χ3v) is 5.01. The van der Waals surface area contributed by atoms with E-state index in [1.54, 1.807) is 40.9 Å². The van der Waals surface area contributed by atoms with Crippen LogP contribution in [0, 0.1) is 11.6 Å². The molecule has 0 radical (unpaired) electrons. The fraction of sp³-hybridized carbons (Fsp3) is 0.100. The van der Waals surface area contributed by atoms with Crippen molar-refractivity contribution in [3.8, 4) is 11.4 Å². The Morgan fingerprint density at radius 1 is 0.931 bits per heavy atom. The van der Waals surface area contributed by atoms with Gasteiger partial charge in [0.15, 0.2) is 11.5 Å². The summed E-state index contributed by atoms with van der Waals surface area (Å²) in [6.45, 7) is 0.326. The molecule has 6 nitrogen and oxygen atoms in total. The number of amides is 1. The largest absolute Gasteiger partial charge is 0.351 e. The predicted octanol–water partition coefficient (Wildman–Crippen LogP) is 3.48. The summed E-state index contributed by atoms with van der Waals surface area (Å²) in [4.78, 5) is 12.1. The number of halogens is 2. The highest BCUT2D eigenvalue weighted by molar-refractivity contribution is 7.99. The number of fused-ring (bicyclic) bond motifs is 1. The van der Waals surface area contributed by atoms with E-state index in [0.717, 1.165) is 5.56 Å². The number of aromatic nitrogens is 4. The molecule has 2 aromatic carbocycles. The van der Waals surface area contributed by atoms with Crippen molar-refractivity contribution in [3.05, 3.63) is 77.9 Å². The molecule has 9 heteroatoms. The molecule has 0 aliphatic carbocycles. The first-order chi connectivity index (χ1) is 14.1. The summed E-state index contributed by atoms with van der Waals surface area (Å²) in [5, 5.41) is 16.1. The highest BCUT2D eigenvalue weighted by atomic mass is 32.2. The average Bonchev–Trinajstić information content (AvgIpc) is 3.15. The van der Waals surface area contributed by atoms with Crippen LogP contribution in [0.4, 0.5) is 8.78 Å². The van der Waals surface area contributed by atoms with Crippen LogP contribution in [0.25, 0.3) is 17.0 Å². The first kappa shape index (κ1) is 19.0. The Labute approximate surface area is 169 Å². The van der Waals surface area contributed by atoms with Gasteiger partial charge in [0.1, 0.15) is 16.7 Å². The lowest BCUT2D eigenvalue weighted by Gasteiger charge is -2.06. The molecule has 0 atom stereocenters. The van der Waals surface area contributed by atoms with E-state index in [2.05, 4.69) is 20.6 Å². The van der Waals surface area contributed by atoms with Crippen LogP contribution in [0.5, 0.6) is 0 Å². The van der Waals surface area contributed by atoms with Crippen molar-refractivity contribution >= 4 is 23.3 Å². The molecule has 1 amide bonds. The van der Waals surface area contributed by atoms with Crippen LogP contribution in [0.3, 0.4) is 0 Å². The van der Waals surface area contributed by atoms with Crippen molar-refractivity contribution in [2.75, 3.05) is 5.75 Å². The topological polar surface area (TPSA) is 72.2 Å². The molecule has 2 heterocycles. The molecule has 1 N–H and O–H groups in total. The maximum absolute atomic E-state index is 13.2. The highest BCUT2D eigenvalue weighted by Crippen LogP contribution is 2.21. The molecule has 29 heavy (non-hydrogen) atoms. The molecule has 4 aromatic rings. The fourth-order valence-electron chi connectivity index (χ4n) is 2.62. The van der Waals surface area contributed by atoms with Gasteiger partial charge in [-0.1, -0.05) is 23.9 Å². The summed E-state index contributed by atoms with van der Waals surface area (Å²) in [6, 6.07) is 15.4. The van der Waals surface area contributed by atoms with E-state index in [0.29, 0.717) is 28.6 Å². The minimum Gasteiger partial charge on any atom is -0.351 e. The first-order valence-electron chi connectivity index (χ1n) is 8.71. The van der Waals surface area contributed by atoms with Crippen LogP contribution in [-0.4, -0.2) is 31.5 Å². The Hall–Kier alpha value is -3.33. The number of carbonyl (C=O) groups is 1. The third-order valence-electron chi connectivity index (χ3n) is 4.09. The van der Waals surface area contributed by atoms with E-state index in [1.165, 1.54) is 36.0 Å². The van der Waals surface area contributed by atoms with Gasteiger partial charge in [-0.3, -0.25) is 4.79 Å². The van der Waals surface area contributed by atoms with Crippen LogP contribution in [0.15, 0.2) is 65.7 Å². The van der Waals surface area contributed by atoms with Gasteiger partial charge in [-0.25, -0.2) is 8.78 Å². The van der Waals surface area contributed by atoms with Crippen molar-refractivity contribution in [2.24, 2.45) is 0 Å². The number of thioether (sulfide) groups is 1. The molecule has 0 spiro atoms. The second kappa shape index (κ2) is 8.36. The van der Waals surface area contributed by atoms with Crippen LogP contribution >= 0.6 is 11.8 Å². The summed E-state index contributed by atoms with van der Waals surface area (Å²) in [5.41, 5.74) is 2.05. The normalized spacial score (nSPS) is 11.0. The molecule has 0 aliphatic rings. The van der Waals surface area contributed by atoms with Gasteiger partial charge in [-0.2, -0.15) is 9.61 Å². The summed E-state index contributed by atoms with van der Waals surface area (Å²) >= 11 is 1.27. The minimum atomic E-state index is -0.335. The number of carbonyl (C=O) groups excluding carboxylic acids is 1. The van der Waals surface area contributed by atoms with Crippen molar-refractivity contribution in [1.29, 1.82) is 0 Å². The van der Waals surface area contributed by atoms with E-state index in [1.807, 2.05) is 0 Å². The number of hydrogen-bond acceptors (Lipinski definition) is 5. The van der Waals surface area contributed by atoms with Gasteiger partial charge in [0.25, 0.3) is 0 Å². The summed E-state index contributed by atoms with van der Waals surface area (Å²) in [7, 11) is 0. The fourth-order valence-corrected chi connectivity index (χ4v) is 3.31. The number of nitrogens with zero attached hydrogens (tertiary/aromatic N) is 4. The molecule has 146 valence electrons. The van der Waals surface area contributed by atoms with Gasteiger partial charge in [-0.15, -0.1) is 10.2 Å². The number of hydrogen-bond donors (Lipinski definition) is 1. The Balaban J connectivity index is 1.41. The predicted molar refractivity (Wildman–Crippen MR) is 105 cm³/mol. The van der Waals surface area contributed by atoms with Gasteiger partial charge in [-0.05, 0) is 54.1 Å². The molecule has 2 aromatic heterocycles. The van der Waals surface area contributed by atoms with Gasteiger partial charge in [0, 0.05) is 12.1 Å². The zero-order valence-electron chi connectivity index (χ0n) is 15.0. The minimum absolute atomic E-state index is 0.163. The van der Waals surface area contributed by atoms with E-state index >= 15 is 0 Å². The molecule has 0 saturated carbocycles. The Bertz CT molecular complexity index is 1150. The zero-order valence-corrected chi connectivity index (χ0v) is 15.9. The quantitative estimate of drug-likeness (QED) is 0.492. The van der Waals surface area contributed by atoms with Crippen LogP contribution in [0.2, 0.25) is 0 Å². The Morgan fingerprint density at radius 3 is 2.34 bits per heavy atom.